The molecule has 0 aliphatic heterocycles. The highest BCUT2D eigenvalue weighted by molar-refractivity contribution is 5.37. The first-order valence-corrected chi connectivity index (χ1v) is 6.89. The van der Waals surface area contributed by atoms with E-state index in [1.807, 2.05) is 6.92 Å². The highest BCUT2D eigenvalue weighted by Crippen LogP contribution is 2.26. The Morgan fingerprint density at radius 3 is 2.71 bits per heavy atom. The van der Waals surface area contributed by atoms with E-state index in [0.29, 0.717) is 12.3 Å². The van der Waals surface area contributed by atoms with E-state index in [-0.39, 0.29) is 5.75 Å². The van der Waals surface area contributed by atoms with Gasteiger partial charge in [-0.05, 0) is 32.0 Å². The lowest BCUT2D eigenvalue weighted by molar-refractivity contribution is 0.454. The van der Waals surface area contributed by atoms with Gasteiger partial charge in [-0.15, -0.1) is 0 Å². The SMILES string of the molecule is CCCNCc1cnc(C)cc1Oc1ccc(F)c(F)c1. The fraction of sp³-hybridized carbons (Fsp3) is 0.312. The van der Waals surface area contributed by atoms with Gasteiger partial charge in [-0.2, -0.15) is 0 Å². The first kappa shape index (κ1) is 15.4. The molecule has 0 bridgehead atoms. The molecule has 2 rings (SSSR count). The lowest BCUT2D eigenvalue weighted by Gasteiger charge is -2.12. The highest BCUT2D eigenvalue weighted by atomic mass is 19.2. The predicted molar refractivity (Wildman–Crippen MR) is 77.4 cm³/mol. The number of hydrogen-bond donors (Lipinski definition) is 1. The quantitative estimate of drug-likeness (QED) is 0.818. The molecular formula is C16H18F2N2O. The van der Waals surface area contributed by atoms with Crippen molar-refractivity contribution < 1.29 is 13.5 Å². The zero-order valence-electron chi connectivity index (χ0n) is 12.1. The summed E-state index contributed by atoms with van der Waals surface area (Å²) in [6, 6.07) is 5.27. The number of ether oxygens (including phenoxy) is 1. The van der Waals surface area contributed by atoms with Crippen LogP contribution in [0.1, 0.15) is 24.6 Å². The molecule has 0 aliphatic rings. The maximum Gasteiger partial charge on any atom is 0.162 e. The molecule has 3 nitrogen and oxygen atoms in total. The van der Waals surface area contributed by atoms with Gasteiger partial charge in [0.2, 0.25) is 0 Å². The minimum Gasteiger partial charge on any atom is -0.457 e. The Kier molecular flexibility index (Phi) is 5.22. The Hall–Kier alpha value is -2.01. The van der Waals surface area contributed by atoms with Crippen LogP contribution in [0, 0.1) is 18.6 Å². The van der Waals surface area contributed by atoms with Crippen molar-refractivity contribution in [3.8, 4) is 11.5 Å². The van der Waals surface area contributed by atoms with Crippen molar-refractivity contribution in [3.63, 3.8) is 0 Å². The summed E-state index contributed by atoms with van der Waals surface area (Å²) in [6.45, 7) is 5.43. The predicted octanol–water partition coefficient (Wildman–Crippen LogP) is 3.96. The molecule has 1 aromatic heterocycles. The standard InChI is InChI=1S/C16H18F2N2O/c1-3-6-19-9-12-10-20-11(2)7-16(12)21-13-4-5-14(17)15(18)8-13/h4-5,7-8,10,19H,3,6,9H2,1-2H3. The summed E-state index contributed by atoms with van der Waals surface area (Å²) < 4.78 is 31.8. The van der Waals surface area contributed by atoms with Crippen molar-refractivity contribution in [1.29, 1.82) is 0 Å². The molecule has 0 amide bonds. The minimum atomic E-state index is -0.927. The first-order valence-electron chi connectivity index (χ1n) is 6.89. The molecule has 0 unspecified atom stereocenters. The van der Waals surface area contributed by atoms with Gasteiger partial charge in [0.1, 0.15) is 11.5 Å². The van der Waals surface area contributed by atoms with Crippen LogP contribution in [0.4, 0.5) is 8.78 Å². The average Bonchev–Trinajstić information content (AvgIpc) is 2.45. The second-order valence-electron chi connectivity index (χ2n) is 4.79. The number of pyridine rings is 1. The second kappa shape index (κ2) is 7.13. The number of nitrogens with zero attached hydrogens (tertiary/aromatic N) is 1. The van der Waals surface area contributed by atoms with E-state index in [0.717, 1.165) is 36.4 Å². The van der Waals surface area contributed by atoms with Gasteiger partial charge in [-0.25, -0.2) is 8.78 Å². The molecule has 0 saturated heterocycles. The molecule has 0 fully saturated rings. The Labute approximate surface area is 123 Å². The Balaban J connectivity index is 2.20. The molecule has 0 aliphatic carbocycles. The van der Waals surface area contributed by atoms with Crippen LogP contribution in [-0.4, -0.2) is 11.5 Å². The average molecular weight is 292 g/mol. The molecule has 5 heteroatoms. The van der Waals surface area contributed by atoms with E-state index in [1.54, 1.807) is 12.3 Å². The summed E-state index contributed by atoms with van der Waals surface area (Å²) >= 11 is 0. The summed E-state index contributed by atoms with van der Waals surface area (Å²) in [6.07, 6.45) is 2.76. The van der Waals surface area contributed by atoms with Gasteiger partial charge < -0.3 is 10.1 Å². The van der Waals surface area contributed by atoms with Crippen LogP contribution >= 0.6 is 0 Å². The molecule has 0 atom stereocenters. The Bertz CT molecular complexity index is 617. The van der Waals surface area contributed by atoms with Crippen LogP contribution < -0.4 is 10.1 Å². The molecule has 21 heavy (non-hydrogen) atoms. The van der Waals surface area contributed by atoms with Crippen LogP contribution in [0.25, 0.3) is 0 Å². The van der Waals surface area contributed by atoms with E-state index in [2.05, 4.69) is 17.2 Å². The van der Waals surface area contributed by atoms with Crippen LogP contribution in [-0.2, 0) is 6.54 Å². The lowest BCUT2D eigenvalue weighted by Crippen LogP contribution is -2.14. The molecule has 0 spiro atoms. The number of benzene rings is 1. The van der Waals surface area contributed by atoms with Crippen molar-refractivity contribution in [2.24, 2.45) is 0 Å². The summed E-state index contributed by atoms with van der Waals surface area (Å²) in [5.41, 5.74) is 1.67. The number of halogens is 2. The molecular weight excluding hydrogens is 274 g/mol. The number of rotatable bonds is 6. The van der Waals surface area contributed by atoms with Gasteiger partial charge in [0.05, 0.1) is 0 Å². The second-order valence-corrected chi connectivity index (χ2v) is 4.79. The monoisotopic (exact) mass is 292 g/mol. The maximum atomic E-state index is 13.2. The van der Waals surface area contributed by atoms with Gasteiger partial charge in [0.15, 0.2) is 11.6 Å². The number of aryl methyl sites for hydroxylation is 1. The van der Waals surface area contributed by atoms with Crippen LogP contribution in [0.2, 0.25) is 0 Å². The third-order valence-corrected chi connectivity index (χ3v) is 2.94. The zero-order valence-corrected chi connectivity index (χ0v) is 12.1. The Morgan fingerprint density at radius 1 is 1.19 bits per heavy atom. The number of aromatic nitrogens is 1. The minimum absolute atomic E-state index is 0.260. The third-order valence-electron chi connectivity index (χ3n) is 2.94. The third kappa shape index (κ3) is 4.23. The topological polar surface area (TPSA) is 34.2 Å². The molecule has 2 aromatic rings. The Morgan fingerprint density at radius 2 is 2.00 bits per heavy atom. The zero-order chi connectivity index (χ0) is 15.2. The van der Waals surface area contributed by atoms with Crippen LogP contribution in [0.5, 0.6) is 11.5 Å². The highest BCUT2D eigenvalue weighted by Gasteiger charge is 2.09. The molecule has 1 aromatic carbocycles. The van der Waals surface area contributed by atoms with E-state index in [1.165, 1.54) is 6.07 Å². The van der Waals surface area contributed by atoms with Crippen LogP contribution in [0.15, 0.2) is 30.5 Å². The largest absolute Gasteiger partial charge is 0.457 e. The van der Waals surface area contributed by atoms with Crippen molar-refractivity contribution >= 4 is 0 Å². The smallest absolute Gasteiger partial charge is 0.162 e. The first-order chi connectivity index (χ1) is 10.1. The van der Waals surface area contributed by atoms with Crippen molar-refractivity contribution in [2.45, 2.75) is 26.8 Å². The van der Waals surface area contributed by atoms with E-state index >= 15 is 0 Å². The lowest BCUT2D eigenvalue weighted by atomic mass is 10.2. The molecule has 0 radical (unpaired) electrons. The van der Waals surface area contributed by atoms with Gasteiger partial charge in [-0.3, -0.25) is 4.98 Å². The number of nitrogens with one attached hydrogen (secondary N) is 1. The van der Waals surface area contributed by atoms with Gasteiger partial charge in [0.25, 0.3) is 0 Å². The van der Waals surface area contributed by atoms with Gasteiger partial charge in [-0.1, -0.05) is 6.92 Å². The van der Waals surface area contributed by atoms with Crippen molar-refractivity contribution in [2.75, 3.05) is 6.54 Å². The van der Waals surface area contributed by atoms with Gasteiger partial charge in [0, 0.05) is 36.1 Å². The molecule has 0 saturated carbocycles. The van der Waals surface area contributed by atoms with E-state index < -0.39 is 11.6 Å². The van der Waals surface area contributed by atoms with E-state index in [9.17, 15) is 8.78 Å². The fourth-order valence-electron chi connectivity index (χ4n) is 1.86. The summed E-state index contributed by atoms with van der Waals surface area (Å²) in [5, 5.41) is 3.26. The molecule has 1 heterocycles. The van der Waals surface area contributed by atoms with Crippen molar-refractivity contribution in [1.82, 2.24) is 10.3 Å². The summed E-state index contributed by atoms with van der Waals surface area (Å²) in [4.78, 5) is 4.24. The van der Waals surface area contributed by atoms with Crippen LogP contribution in [0.3, 0.4) is 0 Å². The number of hydrogen-bond acceptors (Lipinski definition) is 3. The molecule has 112 valence electrons. The van der Waals surface area contributed by atoms with Crippen molar-refractivity contribution in [3.05, 3.63) is 53.4 Å². The fourth-order valence-corrected chi connectivity index (χ4v) is 1.86. The summed E-state index contributed by atoms with van der Waals surface area (Å²) in [5.74, 6) is -0.963. The normalized spacial score (nSPS) is 10.7. The maximum absolute atomic E-state index is 13.2. The van der Waals surface area contributed by atoms with Gasteiger partial charge >= 0.3 is 0 Å². The summed E-state index contributed by atoms with van der Waals surface area (Å²) in [7, 11) is 0. The van der Waals surface area contributed by atoms with E-state index in [4.69, 9.17) is 4.74 Å². The molecule has 1 N–H and O–H groups in total.